The number of aliphatic hydroxyl groups excluding tert-OH is 1. The van der Waals surface area contributed by atoms with E-state index >= 15 is 0 Å². The third-order valence-electron chi connectivity index (χ3n) is 10.7. The van der Waals surface area contributed by atoms with Gasteiger partial charge in [-0.1, -0.05) is 104 Å². The Labute approximate surface area is 344 Å². The predicted molar refractivity (Wildman–Crippen MR) is 226 cm³/mol. The normalized spacial score (nSPS) is 19.2. The van der Waals surface area contributed by atoms with Crippen LogP contribution in [0.2, 0.25) is 25.7 Å². The zero-order valence-corrected chi connectivity index (χ0v) is 34.9. The molecule has 0 saturated carbocycles. The van der Waals surface area contributed by atoms with Crippen LogP contribution >= 0.6 is 0 Å². The Balaban J connectivity index is 1.13. The number of nitrogens with zero attached hydrogens (tertiary/aromatic N) is 5. The Morgan fingerprint density at radius 1 is 0.831 bits per heavy atom. The van der Waals surface area contributed by atoms with Crippen molar-refractivity contribution < 1.29 is 33.2 Å². The molecule has 1 unspecified atom stereocenters. The average molecular weight is 812 g/mol. The maximum absolute atomic E-state index is 12.2. The lowest BCUT2D eigenvalue weighted by molar-refractivity contribution is -0.0968. The van der Waals surface area contributed by atoms with Gasteiger partial charge < -0.3 is 33.2 Å². The van der Waals surface area contributed by atoms with Gasteiger partial charge in [0.15, 0.2) is 17.4 Å². The minimum Gasteiger partial charge on any atom is -0.497 e. The van der Waals surface area contributed by atoms with Crippen molar-refractivity contribution in [2.75, 3.05) is 20.3 Å². The second kappa shape index (κ2) is 17.3. The molecular weight excluding hydrogens is 763 g/mol. The minimum absolute atomic E-state index is 0.00381. The third kappa shape index (κ3) is 8.56. The molecule has 0 radical (unpaired) electrons. The summed E-state index contributed by atoms with van der Waals surface area (Å²) >= 11 is 0. The Bertz CT molecular complexity index is 2420. The van der Waals surface area contributed by atoms with Gasteiger partial charge in [0.1, 0.15) is 42.3 Å². The molecule has 8 rings (SSSR count). The lowest BCUT2D eigenvalue weighted by atomic mass is 9.79. The van der Waals surface area contributed by atoms with Crippen LogP contribution in [0.5, 0.6) is 11.6 Å². The van der Waals surface area contributed by atoms with Crippen LogP contribution in [0.15, 0.2) is 133 Å². The number of ether oxygens (including phenoxy) is 5. The molecule has 1 aliphatic heterocycles. The third-order valence-corrected chi connectivity index (χ3v) is 12.4. The fraction of sp³-hybridized carbons (Fsp3) is 0.304. The SMILES string of the molecule is COc1ccc(C(OC[C@H]2O[C@@H](n3cnc4c(OCC[Si](C)(C)C)ncnc43)[C@H](OCc3ccc(-c4ncco4)cc3)[C@@H]2O)(c2ccccc2)c2ccc(C)cc2)cc1. The lowest BCUT2D eigenvalue weighted by Crippen LogP contribution is -2.40. The molecular formula is C46H49N5O7Si. The summed E-state index contributed by atoms with van der Waals surface area (Å²) in [6.07, 6.45) is 2.66. The van der Waals surface area contributed by atoms with Gasteiger partial charge in [0.05, 0.1) is 39.5 Å². The second-order valence-corrected chi connectivity index (χ2v) is 21.6. The van der Waals surface area contributed by atoms with E-state index in [2.05, 4.69) is 77.9 Å². The van der Waals surface area contributed by atoms with Crippen molar-refractivity contribution in [3.05, 3.63) is 156 Å². The van der Waals surface area contributed by atoms with Crippen molar-refractivity contribution in [1.29, 1.82) is 0 Å². The van der Waals surface area contributed by atoms with E-state index in [1.165, 1.54) is 6.33 Å². The Morgan fingerprint density at radius 2 is 1.54 bits per heavy atom. The van der Waals surface area contributed by atoms with Crippen LogP contribution in [0.3, 0.4) is 0 Å². The van der Waals surface area contributed by atoms with Gasteiger partial charge in [0, 0.05) is 13.6 Å². The molecule has 0 amide bonds. The fourth-order valence-corrected chi connectivity index (χ4v) is 8.10. The van der Waals surface area contributed by atoms with E-state index in [1.807, 2.05) is 66.7 Å². The monoisotopic (exact) mass is 811 g/mol. The van der Waals surface area contributed by atoms with Crippen molar-refractivity contribution in [3.8, 4) is 23.1 Å². The smallest absolute Gasteiger partial charge is 0.245 e. The molecule has 0 bridgehead atoms. The van der Waals surface area contributed by atoms with E-state index in [1.54, 1.807) is 30.5 Å². The molecule has 4 heterocycles. The van der Waals surface area contributed by atoms with Gasteiger partial charge in [-0.2, -0.15) is 4.98 Å². The highest BCUT2D eigenvalue weighted by molar-refractivity contribution is 6.76. The van der Waals surface area contributed by atoms with E-state index < -0.39 is 38.2 Å². The van der Waals surface area contributed by atoms with Gasteiger partial charge in [-0.15, -0.1) is 0 Å². The van der Waals surface area contributed by atoms with Gasteiger partial charge in [0.25, 0.3) is 0 Å². The number of benzene rings is 4. The summed E-state index contributed by atoms with van der Waals surface area (Å²) in [6.45, 7) is 9.69. The first-order valence-corrected chi connectivity index (χ1v) is 23.5. The number of hydrogen-bond acceptors (Lipinski definition) is 11. The van der Waals surface area contributed by atoms with Crippen LogP contribution in [0.1, 0.15) is 34.0 Å². The molecule has 7 aromatic rings. The highest BCUT2D eigenvalue weighted by Crippen LogP contribution is 2.43. The molecule has 12 nitrogen and oxygen atoms in total. The standard InChI is InChI=1S/C46H49N5O7Si/c1-31-11-17-35(18-12-31)46(34-9-7-6-8-10-34,36-19-21-37(53-2)22-20-36)57-28-38-40(52)41(56-27-32-13-15-33(16-14-32)43-47-23-24-54-43)45(58-38)51-30-50-39-42(51)48-29-49-44(39)55-25-26-59(3,4)5/h6-24,29-30,38,40-41,45,52H,25-28H2,1-5H3/t38-,40-,41-,45-,46?/m1/s1. The molecule has 1 aliphatic rings. The van der Waals surface area contributed by atoms with Crippen molar-refractivity contribution in [2.45, 2.75) is 69.4 Å². The van der Waals surface area contributed by atoms with Gasteiger partial charge in [-0.3, -0.25) is 4.57 Å². The van der Waals surface area contributed by atoms with Crippen LogP contribution in [-0.2, 0) is 26.4 Å². The number of aromatic nitrogens is 5. The molecule has 3 aromatic heterocycles. The van der Waals surface area contributed by atoms with Crippen LogP contribution < -0.4 is 9.47 Å². The van der Waals surface area contributed by atoms with Gasteiger partial charge in [-0.05, 0) is 59.5 Å². The number of hydrogen-bond donors (Lipinski definition) is 1. The lowest BCUT2D eigenvalue weighted by Gasteiger charge is -2.37. The van der Waals surface area contributed by atoms with E-state index in [0.29, 0.717) is 29.5 Å². The van der Waals surface area contributed by atoms with E-state index in [0.717, 1.165) is 45.2 Å². The number of oxazole rings is 1. The minimum atomic E-state index is -1.35. The molecule has 1 N–H and O–H groups in total. The fourth-order valence-electron chi connectivity index (χ4n) is 7.38. The van der Waals surface area contributed by atoms with E-state index in [-0.39, 0.29) is 13.2 Å². The largest absolute Gasteiger partial charge is 0.497 e. The molecule has 59 heavy (non-hydrogen) atoms. The molecule has 13 heteroatoms. The highest BCUT2D eigenvalue weighted by Gasteiger charge is 2.48. The summed E-state index contributed by atoms with van der Waals surface area (Å²) in [7, 11) is 0.297. The number of aryl methyl sites for hydroxylation is 1. The maximum atomic E-state index is 12.2. The summed E-state index contributed by atoms with van der Waals surface area (Å²) in [5.74, 6) is 1.66. The van der Waals surface area contributed by atoms with Gasteiger partial charge in [-0.25, -0.2) is 15.0 Å². The topological polar surface area (TPSA) is 136 Å². The highest BCUT2D eigenvalue weighted by atomic mass is 28.3. The zero-order chi connectivity index (χ0) is 41.0. The van der Waals surface area contributed by atoms with Crippen LogP contribution in [0.25, 0.3) is 22.6 Å². The number of fused-ring (bicyclic) bond motifs is 1. The number of aliphatic hydroxyl groups is 1. The van der Waals surface area contributed by atoms with Crippen molar-refractivity contribution in [3.63, 3.8) is 0 Å². The number of rotatable bonds is 16. The van der Waals surface area contributed by atoms with Gasteiger partial charge >= 0.3 is 0 Å². The Morgan fingerprint density at radius 3 is 2.22 bits per heavy atom. The molecule has 4 aromatic carbocycles. The van der Waals surface area contributed by atoms with Crippen LogP contribution in [0.4, 0.5) is 0 Å². The predicted octanol–water partition coefficient (Wildman–Crippen LogP) is 8.37. The van der Waals surface area contributed by atoms with Crippen molar-refractivity contribution >= 4 is 19.2 Å². The Hall–Kier alpha value is -5.70. The first kappa shape index (κ1) is 40.1. The summed E-state index contributed by atoms with van der Waals surface area (Å²) < 4.78 is 39.6. The molecule has 1 saturated heterocycles. The summed E-state index contributed by atoms with van der Waals surface area (Å²) in [6, 6.07) is 35.0. The maximum Gasteiger partial charge on any atom is 0.245 e. The molecule has 0 aliphatic carbocycles. The summed E-state index contributed by atoms with van der Waals surface area (Å²) in [4.78, 5) is 18.0. The first-order chi connectivity index (χ1) is 28.6. The quantitative estimate of drug-likeness (QED) is 0.0745. The zero-order valence-electron chi connectivity index (χ0n) is 33.9. The van der Waals surface area contributed by atoms with Crippen molar-refractivity contribution in [1.82, 2.24) is 24.5 Å². The summed E-state index contributed by atoms with van der Waals surface area (Å²) in [5, 5.41) is 12.2. The molecule has 304 valence electrons. The molecule has 0 spiro atoms. The first-order valence-electron chi connectivity index (χ1n) is 19.8. The average Bonchev–Trinajstić information content (AvgIpc) is 4.01. The van der Waals surface area contributed by atoms with E-state index in [4.69, 9.17) is 33.1 Å². The number of methoxy groups -OCH3 is 1. The van der Waals surface area contributed by atoms with Crippen LogP contribution in [0, 0.1) is 6.92 Å². The molecule has 1 fully saturated rings. The number of imidazole rings is 1. The Kier molecular flexibility index (Phi) is 11.7. The van der Waals surface area contributed by atoms with E-state index in [9.17, 15) is 5.11 Å². The van der Waals surface area contributed by atoms with Crippen LogP contribution in [-0.4, -0.2) is 76.3 Å². The second-order valence-electron chi connectivity index (χ2n) is 16.0. The van der Waals surface area contributed by atoms with Gasteiger partial charge in [0.2, 0.25) is 11.8 Å². The van der Waals surface area contributed by atoms with Crippen molar-refractivity contribution in [2.24, 2.45) is 0 Å². The molecule has 5 atom stereocenters. The summed E-state index contributed by atoms with van der Waals surface area (Å²) in [5.41, 5.74) is 5.50.